The number of phenols is 1. The molecular weight excluding hydrogens is 260 g/mol. The first kappa shape index (κ1) is 12.2. The van der Waals surface area contributed by atoms with Crippen molar-refractivity contribution in [3.8, 4) is 5.75 Å². The summed E-state index contributed by atoms with van der Waals surface area (Å²) in [6.07, 6.45) is 2.10. The van der Waals surface area contributed by atoms with Gasteiger partial charge in [0, 0.05) is 34.7 Å². The summed E-state index contributed by atoms with van der Waals surface area (Å²) in [5.41, 5.74) is 4.70. The largest absolute Gasteiger partial charge is 0.508 e. The Balaban J connectivity index is 2.29. The van der Waals surface area contributed by atoms with E-state index in [0.29, 0.717) is 5.75 Å². The van der Waals surface area contributed by atoms with Crippen LogP contribution in [0, 0.1) is 13.8 Å². The van der Waals surface area contributed by atoms with Crippen LogP contribution in [0.4, 0.5) is 0 Å². The van der Waals surface area contributed by atoms with Gasteiger partial charge in [-0.25, -0.2) is 4.57 Å². The zero-order valence-electron chi connectivity index (χ0n) is 12.4. The molecule has 0 radical (unpaired) electrons. The zero-order chi connectivity index (χ0) is 14.7. The van der Waals surface area contributed by atoms with E-state index in [4.69, 9.17) is 0 Å². The van der Waals surface area contributed by atoms with E-state index in [1.54, 1.807) is 6.07 Å². The van der Waals surface area contributed by atoms with Gasteiger partial charge >= 0.3 is 0 Å². The third-order valence-electron chi connectivity index (χ3n) is 4.56. The third kappa shape index (κ3) is 1.57. The van der Waals surface area contributed by atoms with Gasteiger partial charge < -0.3 is 10.1 Å². The SMILES string of the molecule is Cc1c2cc[n+](C)c(C)c2cc2c1[nH]c1ccc(O)cc12. The van der Waals surface area contributed by atoms with E-state index < -0.39 is 0 Å². The monoisotopic (exact) mass is 277 g/mol. The molecule has 3 nitrogen and oxygen atoms in total. The molecule has 4 rings (SSSR count). The van der Waals surface area contributed by atoms with Crippen molar-refractivity contribution in [3.63, 3.8) is 0 Å². The summed E-state index contributed by atoms with van der Waals surface area (Å²) in [6.45, 7) is 4.29. The summed E-state index contributed by atoms with van der Waals surface area (Å²) in [4.78, 5) is 3.48. The molecule has 0 bridgehead atoms. The Bertz CT molecular complexity index is 1030. The Labute approximate surface area is 122 Å². The number of hydrogen-bond donors (Lipinski definition) is 2. The van der Waals surface area contributed by atoms with Crippen LogP contribution < -0.4 is 4.57 Å². The second kappa shape index (κ2) is 3.98. The van der Waals surface area contributed by atoms with Crippen molar-refractivity contribution in [2.45, 2.75) is 13.8 Å². The van der Waals surface area contributed by atoms with Crippen LogP contribution in [0.25, 0.3) is 32.6 Å². The highest BCUT2D eigenvalue weighted by Crippen LogP contribution is 2.34. The Kier molecular flexibility index (Phi) is 2.31. The third-order valence-corrected chi connectivity index (χ3v) is 4.56. The number of H-pyrrole nitrogens is 1. The molecule has 3 heteroatoms. The zero-order valence-corrected chi connectivity index (χ0v) is 12.4. The molecule has 4 aromatic rings. The van der Waals surface area contributed by atoms with Crippen molar-refractivity contribution < 1.29 is 9.67 Å². The van der Waals surface area contributed by atoms with Crippen LogP contribution in [0.1, 0.15) is 11.3 Å². The number of aromatic amines is 1. The molecule has 104 valence electrons. The van der Waals surface area contributed by atoms with Gasteiger partial charge in [-0.3, -0.25) is 0 Å². The van der Waals surface area contributed by atoms with Gasteiger partial charge in [-0.15, -0.1) is 0 Å². The summed E-state index contributed by atoms with van der Waals surface area (Å²) >= 11 is 0. The van der Waals surface area contributed by atoms with Crippen molar-refractivity contribution >= 4 is 32.6 Å². The number of phenolic OH excluding ortho intramolecular Hbond substituents is 1. The van der Waals surface area contributed by atoms with Gasteiger partial charge in [0.05, 0.1) is 5.52 Å². The van der Waals surface area contributed by atoms with Crippen LogP contribution in [-0.4, -0.2) is 10.1 Å². The van der Waals surface area contributed by atoms with Crippen LogP contribution in [0.15, 0.2) is 36.5 Å². The van der Waals surface area contributed by atoms with E-state index in [1.165, 1.54) is 27.4 Å². The molecule has 21 heavy (non-hydrogen) atoms. The molecule has 2 heterocycles. The van der Waals surface area contributed by atoms with Crippen molar-refractivity contribution in [1.29, 1.82) is 0 Å². The fraction of sp³-hybridized carbons (Fsp3) is 0.167. The summed E-state index contributed by atoms with van der Waals surface area (Å²) in [5, 5.41) is 14.5. The van der Waals surface area contributed by atoms with E-state index >= 15 is 0 Å². The predicted octanol–water partition coefficient (Wildman–Crippen LogP) is 3.62. The molecule has 0 aliphatic rings. The molecular formula is C18H17N2O+. The molecule has 0 saturated carbocycles. The number of aryl methyl sites for hydroxylation is 3. The maximum absolute atomic E-state index is 9.77. The number of benzene rings is 2. The highest BCUT2D eigenvalue weighted by atomic mass is 16.3. The molecule has 0 aliphatic heterocycles. The predicted molar refractivity (Wildman–Crippen MR) is 85.6 cm³/mol. The normalized spacial score (nSPS) is 11.8. The molecule has 0 amide bonds. The second-order valence-corrected chi connectivity index (χ2v) is 5.75. The number of hydrogen-bond acceptors (Lipinski definition) is 1. The van der Waals surface area contributed by atoms with Crippen LogP contribution >= 0.6 is 0 Å². The minimum absolute atomic E-state index is 0.302. The van der Waals surface area contributed by atoms with E-state index in [1.807, 2.05) is 12.1 Å². The lowest BCUT2D eigenvalue weighted by molar-refractivity contribution is -0.676. The first-order valence-corrected chi connectivity index (χ1v) is 7.09. The fourth-order valence-electron chi connectivity index (χ4n) is 3.21. The fourth-order valence-corrected chi connectivity index (χ4v) is 3.21. The number of nitrogens with one attached hydrogen (secondary N) is 1. The standard InChI is InChI=1S/C18H16N2O/c1-10-13-6-7-20(3)11(2)14(13)9-16-15-8-12(21)4-5-17(15)19-18(10)16/h4-9,21H,1-3H3/p+1. The number of rotatable bonds is 0. The van der Waals surface area contributed by atoms with Crippen LogP contribution in [0.2, 0.25) is 0 Å². The Morgan fingerprint density at radius 3 is 2.57 bits per heavy atom. The van der Waals surface area contributed by atoms with E-state index in [0.717, 1.165) is 16.4 Å². The van der Waals surface area contributed by atoms with Crippen LogP contribution in [0.3, 0.4) is 0 Å². The van der Waals surface area contributed by atoms with Crippen molar-refractivity contribution in [2.24, 2.45) is 7.05 Å². The molecule has 0 aliphatic carbocycles. The smallest absolute Gasteiger partial charge is 0.185 e. The molecule has 0 spiro atoms. The topological polar surface area (TPSA) is 39.9 Å². The molecule has 2 N–H and O–H groups in total. The minimum Gasteiger partial charge on any atom is -0.508 e. The van der Waals surface area contributed by atoms with Crippen molar-refractivity contribution in [1.82, 2.24) is 4.98 Å². The summed E-state index contributed by atoms with van der Waals surface area (Å²) in [7, 11) is 2.06. The number of nitrogens with zero attached hydrogens (tertiary/aromatic N) is 1. The summed E-state index contributed by atoms with van der Waals surface area (Å²) < 4.78 is 2.14. The lowest BCUT2D eigenvalue weighted by atomic mass is 10.0. The van der Waals surface area contributed by atoms with Gasteiger partial charge in [0.15, 0.2) is 11.9 Å². The van der Waals surface area contributed by atoms with Gasteiger partial charge in [-0.05, 0) is 42.1 Å². The van der Waals surface area contributed by atoms with E-state index in [-0.39, 0.29) is 0 Å². The van der Waals surface area contributed by atoms with Crippen molar-refractivity contribution in [2.75, 3.05) is 0 Å². The maximum atomic E-state index is 9.77. The maximum Gasteiger partial charge on any atom is 0.185 e. The first-order chi connectivity index (χ1) is 10.1. The highest BCUT2D eigenvalue weighted by Gasteiger charge is 2.14. The molecule has 0 fully saturated rings. The quantitative estimate of drug-likeness (QED) is 0.473. The van der Waals surface area contributed by atoms with Gasteiger partial charge in [0.2, 0.25) is 0 Å². The van der Waals surface area contributed by atoms with Gasteiger partial charge in [0.1, 0.15) is 12.8 Å². The van der Waals surface area contributed by atoms with Gasteiger partial charge in [-0.2, -0.15) is 0 Å². The molecule has 2 aromatic carbocycles. The molecule has 0 unspecified atom stereocenters. The molecule has 2 aromatic heterocycles. The Morgan fingerprint density at radius 2 is 1.76 bits per heavy atom. The Hall–Kier alpha value is -2.55. The van der Waals surface area contributed by atoms with Gasteiger partial charge in [-0.1, -0.05) is 0 Å². The van der Waals surface area contributed by atoms with E-state index in [2.05, 4.69) is 48.8 Å². The number of pyridine rings is 1. The molecule has 0 atom stereocenters. The van der Waals surface area contributed by atoms with Crippen molar-refractivity contribution in [3.05, 3.63) is 47.8 Å². The minimum atomic E-state index is 0.302. The number of aromatic nitrogens is 2. The average molecular weight is 277 g/mol. The first-order valence-electron chi connectivity index (χ1n) is 7.09. The summed E-state index contributed by atoms with van der Waals surface area (Å²) in [5.74, 6) is 0.302. The lowest BCUT2D eigenvalue weighted by Gasteiger charge is -2.05. The molecule has 0 saturated heterocycles. The van der Waals surface area contributed by atoms with Crippen LogP contribution in [-0.2, 0) is 7.05 Å². The van der Waals surface area contributed by atoms with Crippen LogP contribution in [0.5, 0.6) is 5.75 Å². The average Bonchev–Trinajstić information content (AvgIpc) is 2.82. The Morgan fingerprint density at radius 1 is 0.952 bits per heavy atom. The summed E-state index contributed by atoms with van der Waals surface area (Å²) in [6, 6.07) is 9.88. The number of fused-ring (bicyclic) bond motifs is 4. The number of aromatic hydroxyl groups is 1. The van der Waals surface area contributed by atoms with E-state index in [9.17, 15) is 5.11 Å². The van der Waals surface area contributed by atoms with Gasteiger partial charge in [0.25, 0.3) is 0 Å². The second-order valence-electron chi connectivity index (χ2n) is 5.75. The highest BCUT2D eigenvalue weighted by molar-refractivity contribution is 6.14. The lowest BCUT2D eigenvalue weighted by Crippen LogP contribution is -2.31.